The molecule has 0 aliphatic carbocycles. The van der Waals surface area contributed by atoms with Gasteiger partial charge in [0.05, 0.1) is 24.9 Å². The summed E-state index contributed by atoms with van der Waals surface area (Å²) in [5.41, 5.74) is 2.50. The Kier molecular flexibility index (Phi) is 6.78. The summed E-state index contributed by atoms with van der Waals surface area (Å²) in [7, 11) is 1.65. The number of rotatable bonds is 8. The van der Waals surface area contributed by atoms with Crippen LogP contribution in [0.2, 0.25) is 0 Å². The van der Waals surface area contributed by atoms with E-state index in [1.807, 2.05) is 31.3 Å². The van der Waals surface area contributed by atoms with Crippen molar-refractivity contribution in [1.29, 1.82) is 0 Å². The Bertz CT molecular complexity index is 760. The minimum absolute atomic E-state index is 0.307. The average Bonchev–Trinajstić information content (AvgIpc) is 3.01. The number of methoxy groups -OCH3 is 1. The molecule has 1 saturated heterocycles. The fourth-order valence-corrected chi connectivity index (χ4v) is 4.13. The number of fused-ring (bicyclic) bond motifs is 1. The van der Waals surface area contributed by atoms with Gasteiger partial charge in [0.2, 0.25) is 0 Å². The first kappa shape index (κ1) is 19.7. The molecule has 0 spiro atoms. The van der Waals surface area contributed by atoms with Crippen LogP contribution in [0.1, 0.15) is 55.6 Å². The Labute approximate surface area is 162 Å². The van der Waals surface area contributed by atoms with Crippen LogP contribution in [0.5, 0.6) is 5.75 Å². The highest BCUT2D eigenvalue weighted by atomic mass is 16.5. The first-order valence-electron chi connectivity index (χ1n) is 10.2. The van der Waals surface area contributed by atoms with Crippen LogP contribution in [0.3, 0.4) is 0 Å². The Balaban J connectivity index is 1.83. The zero-order chi connectivity index (χ0) is 19.2. The van der Waals surface area contributed by atoms with Crippen molar-refractivity contribution in [3.8, 4) is 5.75 Å². The monoisotopic (exact) mass is 372 g/mol. The zero-order valence-corrected chi connectivity index (χ0v) is 16.9. The van der Waals surface area contributed by atoms with E-state index in [-0.39, 0.29) is 5.97 Å². The number of unbranched alkanes of at least 4 members (excludes halogenated alkanes) is 1. The molecule has 27 heavy (non-hydrogen) atoms. The van der Waals surface area contributed by atoms with Crippen molar-refractivity contribution in [3.63, 3.8) is 0 Å². The van der Waals surface area contributed by atoms with E-state index in [1.165, 1.54) is 45.3 Å². The maximum absolute atomic E-state index is 12.6. The lowest BCUT2D eigenvalue weighted by Gasteiger charge is -2.32. The summed E-state index contributed by atoms with van der Waals surface area (Å²) in [6.45, 7) is 7.99. The van der Waals surface area contributed by atoms with Crippen LogP contribution in [0.4, 0.5) is 0 Å². The quantitative estimate of drug-likeness (QED) is 0.652. The summed E-state index contributed by atoms with van der Waals surface area (Å²) in [4.78, 5) is 15.1. The summed E-state index contributed by atoms with van der Waals surface area (Å²) in [5, 5.41) is 0. The Morgan fingerprint density at radius 2 is 2.00 bits per heavy atom. The number of piperidine rings is 1. The van der Waals surface area contributed by atoms with E-state index in [0.717, 1.165) is 17.6 Å². The smallest absolute Gasteiger partial charge is 0.344 e. The van der Waals surface area contributed by atoms with E-state index >= 15 is 0 Å². The normalized spacial score (nSPS) is 16.0. The predicted molar refractivity (Wildman–Crippen MR) is 108 cm³/mol. The van der Waals surface area contributed by atoms with E-state index in [2.05, 4.69) is 16.2 Å². The van der Waals surface area contributed by atoms with E-state index < -0.39 is 0 Å². The maximum Gasteiger partial charge on any atom is 0.344 e. The molecule has 2 aromatic heterocycles. The van der Waals surface area contributed by atoms with E-state index in [0.29, 0.717) is 23.8 Å². The van der Waals surface area contributed by atoms with Crippen molar-refractivity contribution >= 4 is 11.5 Å². The van der Waals surface area contributed by atoms with Crippen LogP contribution in [0.25, 0.3) is 5.52 Å². The molecule has 148 valence electrons. The molecule has 5 heteroatoms. The summed E-state index contributed by atoms with van der Waals surface area (Å²) >= 11 is 0. The van der Waals surface area contributed by atoms with Crippen molar-refractivity contribution < 1.29 is 14.3 Å². The molecule has 5 nitrogen and oxygen atoms in total. The number of esters is 1. The Hall–Kier alpha value is -2.01. The molecule has 1 fully saturated rings. The number of likely N-dealkylation sites (tertiary alicyclic amines) is 1. The summed E-state index contributed by atoms with van der Waals surface area (Å²) in [6, 6.07) is 5.91. The fraction of sp³-hybridized carbons (Fsp3) is 0.591. The zero-order valence-electron chi connectivity index (χ0n) is 16.9. The molecular formula is C22H32N2O3. The van der Waals surface area contributed by atoms with Gasteiger partial charge in [-0.25, -0.2) is 4.79 Å². The van der Waals surface area contributed by atoms with Crippen molar-refractivity contribution in [2.75, 3.05) is 33.4 Å². The van der Waals surface area contributed by atoms with E-state index in [9.17, 15) is 4.79 Å². The number of hydrogen-bond donors (Lipinski definition) is 0. The largest absolute Gasteiger partial charge is 0.494 e. The lowest BCUT2D eigenvalue weighted by Crippen LogP contribution is -2.35. The lowest BCUT2D eigenvalue weighted by molar-refractivity contribution is 0.0525. The molecular weight excluding hydrogens is 340 g/mol. The van der Waals surface area contributed by atoms with Gasteiger partial charge in [0.25, 0.3) is 0 Å². The van der Waals surface area contributed by atoms with Crippen molar-refractivity contribution in [3.05, 3.63) is 35.7 Å². The molecule has 3 rings (SSSR count). The van der Waals surface area contributed by atoms with Gasteiger partial charge in [-0.3, -0.25) is 0 Å². The first-order valence-corrected chi connectivity index (χ1v) is 10.2. The minimum atomic E-state index is -0.307. The molecule has 0 saturated carbocycles. The maximum atomic E-state index is 12.6. The minimum Gasteiger partial charge on any atom is -0.494 e. The molecule has 1 aliphatic rings. The fourth-order valence-electron chi connectivity index (χ4n) is 4.13. The van der Waals surface area contributed by atoms with Crippen LogP contribution in [0, 0.1) is 5.92 Å². The van der Waals surface area contributed by atoms with Gasteiger partial charge in [0.1, 0.15) is 5.56 Å². The second-order valence-corrected chi connectivity index (χ2v) is 7.37. The molecule has 1 aliphatic heterocycles. The van der Waals surface area contributed by atoms with Crippen LogP contribution in [-0.4, -0.2) is 48.6 Å². The molecule has 3 heterocycles. The number of carbonyl (C=O) groups excluding carboxylic acids is 1. The summed E-state index contributed by atoms with van der Waals surface area (Å²) in [5.74, 6) is 0.983. The number of aromatic nitrogens is 1. The molecule has 0 amide bonds. The molecule has 0 aromatic carbocycles. The van der Waals surface area contributed by atoms with Gasteiger partial charge in [-0.05, 0) is 70.3 Å². The molecule has 0 bridgehead atoms. The van der Waals surface area contributed by atoms with E-state index in [4.69, 9.17) is 9.47 Å². The first-order chi connectivity index (χ1) is 13.2. The topological polar surface area (TPSA) is 43.2 Å². The van der Waals surface area contributed by atoms with Gasteiger partial charge in [-0.2, -0.15) is 0 Å². The molecule has 0 atom stereocenters. The molecule has 0 radical (unpaired) electrons. The predicted octanol–water partition coefficient (Wildman–Crippen LogP) is 4.18. The third kappa shape index (κ3) is 4.29. The summed E-state index contributed by atoms with van der Waals surface area (Å²) in [6.07, 6.45) is 7.87. The van der Waals surface area contributed by atoms with Gasteiger partial charge >= 0.3 is 5.97 Å². The lowest BCUT2D eigenvalue weighted by atomic mass is 9.91. The molecule has 0 unspecified atom stereocenters. The van der Waals surface area contributed by atoms with Gasteiger partial charge in [-0.15, -0.1) is 0 Å². The number of hydrogen-bond acceptors (Lipinski definition) is 4. The second-order valence-electron chi connectivity index (χ2n) is 7.37. The van der Waals surface area contributed by atoms with Crippen molar-refractivity contribution in [2.24, 2.45) is 5.92 Å². The van der Waals surface area contributed by atoms with Crippen LogP contribution in [0.15, 0.2) is 24.4 Å². The van der Waals surface area contributed by atoms with Crippen LogP contribution in [-0.2, 0) is 11.2 Å². The van der Waals surface area contributed by atoms with Gasteiger partial charge < -0.3 is 18.8 Å². The highest BCUT2D eigenvalue weighted by Crippen LogP contribution is 2.35. The molecule has 0 N–H and O–H groups in total. The standard InChI is InChI=1S/C22H32N2O3/c1-4-6-12-23-14-10-17(11-15-23)16-19-21(26-3)20(22(25)27-5-2)18-9-7-8-13-24(18)19/h7-9,13,17H,4-6,10-12,14-16H2,1-3H3. The van der Waals surface area contributed by atoms with Crippen molar-refractivity contribution in [1.82, 2.24) is 9.30 Å². The SMILES string of the molecule is CCCCN1CCC(Cc2c(OC)c(C(=O)OCC)c3ccccn23)CC1. The van der Waals surface area contributed by atoms with Crippen LogP contribution < -0.4 is 4.74 Å². The molecule has 2 aromatic rings. The van der Waals surface area contributed by atoms with E-state index in [1.54, 1.807) is 7.11 Å². The van der Waals surface area contributed by atoms with Gasteiger partial charge in [0, 0.05) is 6.20 Å². The highest BCUT2D eigenvalue weighted by molar-refractivity contribution is 6.01. The number of ether oxygens (including phenoxy) is 2. The van der Waals surface area contributed by atoms with Crippen molar-refractivity contribution in [2.45, 2.75) is 46.0 Å². The Morgan fingerprint density at radius 1 is 1.22 bits per heavy atom. The number of pyridine rings is 1. The highest BCUT2D eigenvalue weighted by Gasteiger charge is 2.28. The second kappa shape index (κ2) is 9.27. The van der Waals surface area contributed by atoms with Crippen LogP contribution >= 0.6 is 0 Å². The Morgan fingerprint density at radius 3 is 2.67 bits per heavy atom. The van der Waals surface area contributed by atoms with Gasteiger partial charge in [-0.1, -0.05) is 19.4 Å². The number of nitrogens with zero attached hydrogens (tertiary/aromatic N) is 2. The third-order valence-electron chi connectivity index (χ3n) is 5.60. The number of carbonyl (C=O) groups is 1. The summed E-state index contributed by atoms with van der Waals surface area (Å²) < 4.78 is 13.1. The van der Waals surface area contributed by atoms with Gasteiger partial charge in [0.15, 0.2) is 5.75 Å². The third-order valence-corrected chi connectivity index (χ3v) is 5.60. The average molecular weight is 373 g/mol.